The summed E-state index contributed by atoms with van der Waals surface area (Å²) < 4.78 is 0. The summed E-state index contributed by atoms with van der Waals surface area (Å²) in [4.78, 5) is 11.2. The lowest BCUT2D eigenvalue weighted by molar-refractivity contribution is -0.140. The van der Waals surface area contributed by atoms with Crippen molar-refractivity contribution in [3.8, 4) is 0 Å². The zero-order valence-corrected chi connectivity index (χ0v) is 8.62. The highest BCUT2D eigenvalue weighted by molar-refractivity contribution is 5.85. The summed E-state index contributed by atoms with van der Waals surface area (Å²) in [6, 6.07) is 6.27. The van der Waals surface area contributed by atoms with Crippen molar-refractivity contribution in [2.75, 3.05) is 0 Å². The van der Waals surface area contributed by atoms with E-state index in [2.05, 4.69) is 12.1 Å². The molecule has 3 rings (SSSR count). The first-order chi connectivity index (χ1) is 7.22. The Kier molecular flexibility index (Phi) is 1.70. The Labute approximate surface area is 88.9 Å². The molecule has 0 atom stereocenters. The van der Waals surface area contributed by atoms with Crippen LogP contribution in [0.3, 0.4) is 0 Å². The zero-order chi connectivity index (χ0) is 10.5. The fraction of sp³-hybridized carbons (Fsp3) is 0.462. The third-order valence-electron chi connectivity index (χ3n) is 3.81. The molecule has 15 heavy (non-hydrogen) atoms. The second kappa shape index (κ2) is 2.84. The summed E-state index contributed by atoms with van der Waals surface area (Å²) in [5.41, 5.74) is 3.29. The van der Waals surface area contributed by atoms with Gasteiger partial charge < -0.3 is 5.11 Å². The maximum absolute atomic E-state index is 11.2. The maximum atomic E-state index is 11.2. The van der Waals surface area contributed by atoms with Crippen LogP contribution in [0.1, 0.15) is 36.0 Å². The van der Waals surface area contributed by atoms with Crippen molar-refractivity contribution in [3.05, 3.63) is 34.9 Å². The molecular weight excluding hydrogens is 188 g/mol. The minimum atomic E-state index is -0.652. The molecule has 0 amide bonds. The Hall–Kier alpha value is -1.31. The highest BCUT2D eigenvalue weighted by Gasteiger charge is 2.51. The van der Waals surface area contributed by atoms with Gasteiger partial charge >= 0.3 is 5.97 Å². The van der Waals surface area contributed by atoms with Crippen molar-refractivity contribution < 1.29 is 9.90 Å². The molecule has 0 spiro atoms. The van der Waals surface area contributed by atoms with Gasteiger partial charge in [0.1, 0.15) is 0 Å². The van der Waals surface area contributed by atoms with Crippen LogP contribution < -0.4 is 0 Å². The van der Waals surface area contributed by atoms with E-state index in [9.17, 15) is 9.90 Å². The lowest BCUT2D eigenvalue weighted by Crippen LogP contribution is -2.19. The molecule has 2 nitrogen and oxygen atoms in total. The number of aliphatic carboxylic acids is 1. The van der Waals surface area contributed by atoms with Crippen LogP contribution in [0.5, 0.6) is 0 Å². The SMILES string of the molecule is O=C(O)C1(c2ccc3c(c2)CCC3)CC1. The average Bonchev–Trinajstić information content (AvgIpc) is 2.91. The molecule has 2 heteroatoms. The number of rotatable bonds is 2. The third-order valence-corrected chi connectivity index (χ3v) is 3.81. The van der Waals surface area contributed by atoms with Crippen molar-refractivity contribution in [2.45, 2.75) is 37.5 Å². The fourth-order valence-electron chi connectivity index (χ4n) is 2.62. The van der Waals surface area contributed by atoms with Crippen molar-refractivity contribution in [3.63, 3.8) is 0 Å². The van der Waals surface area contributed by atoms with Crippen molar-refractivity contribution in [1.82, 2.24) is 0 Å². The van der Waals surface area contributed by atoms with E-state index in [1.165, 1.54) is 17.5 Å². The van der Waals surface area contributed by atoms with Crippen molar-refractivity contribution in [1.29, 1.82) is 0 Å². The Morgan fingerprint density at radius 3 is 2.60 bits per heavy atom. The van der Waals surface area contributed by atoms with Gasteiger partial charge in [0, 0.05) is 0 Å². The largest absolute Gasteiger partial charge is 0.481 e. The Morgan fingerprint density at radius 2 is 1.93 bits per heavy atom. The van der Waals surface area contributed by atoms with Gasteiger partial charge in [0.25, 0.3) is 0 Å². The van der Waals surface area contributed by atoms with E-state index in [0.717, 1.165) is 31.2 Å². The first-order valence-corrected chi connectivity index (χ1v) is 5.58. The van der Waals surface area contributed by atoms with Crippen molar-refractivity contribution in [2.24, 2.45) is 0 Å². The first kappa shape index (κ1) is 8.96. The molecule has 1 aromatic rings. The fourth-order valence-corrected chi connectivity index (χ4v) is 2.62. The summed E-state index contributed by atoms with van der Waals surface area (Å²) >= 11 is 0. The second-order valence-electron chi connectivity index (χ2n) is 4.72. The number of hydrogen-bond acceptors (Lipinski definition) is 1. The van der Waals surface area contributed by atoms with Gasteiger partial charge in [0.15, 0.2) is 0 Å². The van der Waals surface area contributed by atoms with E-state index < -0.39 is 11.4 Å². The predicted molar refractivity (Wildman–Crippen MR) is 57.0 cm³/mol. The Balaban J connectivity index is 2.03. The molecule has 1 fully saturated rings. The molecule has 0 aromatic heterocycles. The van der Waals surface area contributed by atoms with E-state index >= 15 is 0 Å². The molecular formula is C13H14O2. The zero-order valence-electron chi connectivity index (χ0n) is 8.62. The third kappa shape index (κ3) is 1.21. The van der Waals surface area contributed by atoms with Crippen LogP contribution in [-0.2, 0) is 23.1 Å². The standard InChI is InChI=1S/C13H14O2/c14-12(15)13(6-7-13)11-5-4-9-2-1-3-10(9)8-11/h4-5,8H,1-3,6-7H2,(H,14,15). The Bertz CT molecular complexity index is 430. The van der Waals surface area contributed by atoms with Crippen LogP contribution in [0.15, 0.2) is 18.2 Å². The van der Waals surface area contributed by atoms with E-state index in [4.69, 9.17) is 0 Å². The molecule has 1 N–H and O–H groups in total. The molecule has 78 valence electrons. The number of fused-ring (bicyclic) bond motifs is 1. The van der Waals surface area contributed by atoms with Crippen LogP contribution >= 0.6 is 0 Å². The predicted octanol–water partition coefficient (Wildman–Crippen LogP) is 2.29. The Morgan fingerprint density at radius 1 is 1.20 bits per heavy atom. The van der Waals surface area contributed by atoms with Crippen LogP contribution in [0.2, 0.25) is 0 Å². The summed E-state index contributed by atoms with van der Waals surface area (Å²) in [6.45, 7) is 0. The quantitative estimate of drug-likeness (QED) is 0.799. The normalized spacial score (nSPS) is 21.1. The molecule has 0 radical (unpaired) electrons. The second-order valence-corrected chi connectivity index (χ2v) is 4.72. The molecule has 0 heterocycles. The van der Waals surface area contributed by atoms with E-state index in [1.54, 1.807) is 0 Å². The van der Waals surface area contributed by atoms with Crippen molar-refractivity contribution >= 4 is 5.97 Å². The van der Waals surface area contributed by atoms with Gasteiger partial charge in [0.05, 0.1) is 5.41 Å². The smallest absolute Gasteiger partial charge is 0.314 e. The summed E-state index contributed by atoms with van der Waals surface area (Å²) in [5.74, 6) is -0.652. The molecule has 2 aliphatic rings. The van der Waals surface area contributed by atoms with E-state index in [0.29, 0.717) is 0 Å². The number of carbonyl (C=O) groups is 1. The minimum Gasteiger partial charge on any atom is -0.481 e. The summed E-state index contributed by atoms with van der Waals surface area (Å²) in [5, 5.41) is 9.21. The summed E-state index contributed by atoms with van der Waals surface area (Å²) in [6.07, 6.45) is 5.12. The van der Waals surface area contributed by atoms with E-state index in [1.807, 2.05) is 6.07 Å². The molecule has 0 aliphatic heterocycles. The van der Waals surface area contributed by atoms with Gasteiger partial charge in [-0.3, -0.25) is 4.79 Å². The lowest BCUT2D eigenvalue weighted by atomic mass is 9.93. The molecule has 0 saturated heterocycles. The van der Waals surface area contributed by atoms with Gasteiger partial charge in [-0.15, -0.1) is 0 Å². The lowest BCUT2D eigenvalue weighted by Gasteiger charge is -2.11. The number of hydrogen-bond donors (Lipinski definition) is 1. The molecule has 2 aliphatic carbocycles. The van der Waals surface area contributed by atoms with Crippen LogP contribution in [0.25, 0.3) is 0 Å². The van der Waals surface area contributed by atoms with Crippen LogP contribution in [0, 0.1) is 0 Å². The maximum Gasteiger partial charge on any atom is 0.314 e. The molecule has 0 bridgehead atoms. The first-order valence-electron chi connectivity index (χ1n) is 5.58. The van der Waals surface area contributed by atoms with Gasteiger partial charge in [-0.25, -0.2) is 0 Å². The molecule has 0 unspecified atom stereocenters. The number of carboxylic acids is 1. The van der Waals surface area contributed by atoms with Crippen LogP contribution in [0.4, 0.5) is 0 Å². The molecule has 1 saturated carbocycles. The van der Waals surface area contributed by atoms with Gasteiger partial charge in [0.2, 0.25) is 0 Å². The molecule has 1 aromatic carbocycles. The summed E-state index contributed by atoms with van der Waals surface area (Å²) in [7, 11) is 0. The highest BCUT2D eigenvalue weighted by Crippen LogP contribution is 2.49. The number of carboxylic acid groups (broad SMARTS) is 1. The minimum absolute atomic E-state index is 0.530. The van der Waals surface area contributed by atoms with E-state index in [-0.39, 0.29) is 0 Å². The van der Waals surface area contributed by atoms with Gasteiger partial charge in [-0.05, 0) is 48.8 Å². The monoisotopic (exact) mass is 202 g/mol. The number of aryl methyl sites for hydroxylation is 2. The van der Waals surface area contributed by atoms with Crippen LogP contribution in [-0.4, -0.2) is 11.1 Å². The highest BCUT2D eigenvalue weighted by atomic mass is 16.4. The average molecular weight is 202 g/mol. The van der Waals surface area contributed by atoms with Gasteiger partial charge in [-0.2, -0.15) is 0 Å². The topological polar surface area (TPSA) is 37.3 Å². The number of benzene rings is 1. The van der Waals surface area contributed by atoms with Gasteiger partial charge in [-0.1, -0.05) is 18.2 Å².